The summed E-state index contributed by atoms with van der Waals surface area (Å²) in [6, 6.07) is 21.6. The van der Waals surface area contributed by atoms with Crippen LogP contribution in [0.5, 0.6) is 5.75 Å². The predicted octanol–water partition coefficient (Wildman–Crippen LogP) is 4.97. The highest BCUT2D eigenvalue weighted by Crippen LogP contribution is 2.34. The number of amides is 1. The molecule has 2 saturated heterocycles. The molecule has 7 nitrogen and oxygen atoms in total. The van der Waals surface area contributed by atoms with Crippen LogP contribution in [0.3, 0.4) is 0 Å². The molecule has 3 aliphatic heterocycles. The Morgan fingerprint density at radius 3 is 2.39 bits per heavy atom. The molecule has 184 valence electrons. The molecule has 1 N–H and O–H groups in total. The van der Waals surface area contributed by atoms with Gasteiger partial charge in [-0.05, 0) is 65.7 Å². The van der Waals surface area contributed by atoms with Crippen molar-refractivity contribution in [2.45, 2.75) is 25.0 Å². The molecule has 36 heavy (non-hydrogen) atoms. The van der Waals surface area contributed by atoms with E-state index in [2.05, 4.69) is 22.3 Å². The molecule has 3 aliphatic rings. The lowest BCUT2D eigenvalue weighted by molar-refractivity contribution is -0.169. The molecule has 3 aromatic rings. The molecular formula is C29H29N3O4. The molecule has 7 heteroatoms. The van der Waals surface area contributed by atoms with Gasteiger partial charge in [0.2, 0.25) is 0 Å². The first kappa shape index (κ1) is 22.8. The summed E-state index contributed by atoms with van der Waals surface area (Å²) in [6.45, 7) is 3.16. The number of methoxy groups -OCH3 is 1. The van der Waals surface area contributed by atoms with Gasteiger partial charge in [0.1, 0.15) is 5.75 Å². The fourth-order valence-corrected chi connectivity index (χ4v) is 5.14. The van der Waals surface area contributed by atoms with Crippen LogP contribution < -0.4 is 15.0 Å². The van der Waals surface area contributed by atoms with Crippen molar-refractivity contribution >= 4 is 28.7 Å². The second-order valence-electron chi connectivity index (χ2n) is 9.40. The second kappa shape index (κ2) is 9.41. The van der Waals surface area contributed by atoms with Crippen LogP contribution in [0.25, 0.3) is 0 Å². The van der Waals surface area contributed by atoms with Crippen molar-refractivity contribution < 1.29 is 19.0 Å². The van der Waals surface area contributed by atoms with Crippen LogP contribution in [0, 0.1) is 0 Å². The van der Waals surface area contributed by atoms with Gasteiger partial charge in [-0.25, -0.2) is 0 Å². The number of carbonyl (C=O) groups is 1. The topological polar surface area (TPSA) is 72.4 Å². The first-order valence-electron chi connectivity index (χ1n) is 12.4. The number of piperidine rings is 1. The van der Waals surface area contributed by atoms with E-state index in [1.54, 1.807) is 7.11 Å². The highest BCUT2D eigenvalue weighted by atomic mass is 16.7. The highest BCUT2D eigenvalue weighted by molar-refractivity contribution is 6.08. The minimum absolute atomic E-state index is 0.133. The van der Waals surface area contributed by atoms with E-state index >= 15 is 0 Å². The standard InChI is InChI=1S/C29H29N3O4/c1-34-25-10-11-26-22(18-25)19-27(31-26)20-2-4-21(5-3-20)28(33)30-23-6-8-24(9-7-23)32-14-12-29(13-15-32)35-16-17-36-29/h2-11,18H,12-17,19H2,1H3,(H,30,33). The third kappa shape index (κ3) is 4.47. The zero-order valence-electron chi connectivity index (χ0n) is 20.3. The van der Waals surface area contributed by atoms with Gasteiger partial charge in [-0.3, -0.25) is 9.79 Å². The van der Waals surface area contributed by atoms with Crippen LogP contribution >= 0.6 is 0 Å². The molecule has 0 aromatic heterocycles. The van der Waals surface area contributed by atoms with Gasteiger partial charge in [-0.2, -0.15) is 0 Å². The number of fused-ring (bicyclic) bond motifs is 1. The Kier molecular flexibility index (Phi) is 5.95. The second-order valence-corrected chi connectivity index (χ2v) is 9.40. The molecule has 0 atom stereocenters. The van der Waals surface area contributed by atoms with E-state index in [9.17, 15) is 4.79 Å². The summed E-state index contributed by atoms with van der Waals surface area (Å²) in [5, 5.41) is 3.00. The van der Waals surface area contributed by atoms with Gasteiger partial charge in [0.15, 0.2) is 5.79 Å². The molecule has 2 fully saturated rings. The largest absolute Gasteiger partial charge is 0.497 e. The van der Waals surface area contributed by atoms with Crippen molar-refractivity contribution in [2.75, 3.05) is 43.6 Å². The Bertz CT molecular complexity index is 1290. The van der Waals surface area contributed by atoms with E-state index in [1.165, 1.54) is 0 Å². The first-order chi connectivity index (χ1) is 17.6. The lowest BCUT2D eigenvalue weighted by Gasteiger charge is -2.38. The Morgan fingerprint density at radius 2 is 1.69 bits per heavy atom. The summed E-state index contributed by atoms with van der Waals surface area (Å²) >= 11 is 0. The van der Waals surface area contributed by atoms with Crippen molar-refractivity contribution in [1.29, 1.82) is 0 Å². The maximum absolute atomic E-state index is 12.8. The average molecular weight is 484 g/mol. The lowest BCUT2D eigenvalue weighted by atomic mass is 10.0. The fraction of sp³-hybridized carbons (Fsp3) is 0.310. The summed E-state index contributed by atoms with van der Waals surface area (Å²) in [6.07, 6.45) is 2.49. The summed E-state index contributed by atoms with van der Waals surface area (Å²) < 4.78 is 17.0. The SMILES string of the molecule is COc1ccc2c(c1)CC(c1ccc(C(=O)Nc3ccc(N4CCC5(CC4)OCCO5)cc3)cc1)=N2. The molecule has 1 amide bonds. The van der Waals surface area contributed by atoms with E-state index in [0.717, 1.165) is 72.0 Å². The van der Waals surface area contributed by atoms with Crippen LogP contribution in [-0.4, -0.2) is 50.8 Å². The van der Waals surface area contributed by atoms with Gasteiger partial charge >= 0.3 is 0 Å². The normalized spacial score (nSPS) is 18.1. The number of ether oxygens (including phenoxy) is 3. The van der Waals surface area contributed by atoms with Crippen molar-refractivity contribution in [2.24, 2.45) is 4.99 Å². The molecular weight excluding hydrogens is 454 g/mol. The van der Waals surface area contributed by atoms with E-state index in [4.69, 9.17) is 19.2 Å². The molecule has 0 aliphatic carbocycles. The zero-order valence-corrected chi connectivity index (χ0v) is 20.3. The maximum atomic E-state index is 12.8. The molecule has 0 bridgehead atoms. The van der Waals surface area contributed by atoms with Gasteiger partial charge in [-0.1, -0.05) is 12.1 Å². The predicted molar refractivity (Wildman–Crippen MR) is 140 cm³/mol. The molecule has 3 heterocycles. The minimum atomic E-state index is -0.373. The van der Waals surface area contributed by atoms with E-state index < -0.39 is 0 Å². The third-order valence-corrected chi connectivity index (χ3v) is 7.21. The quantitative estimate of drug-likeness (QED) is 0.555. The molecule has 0 saturated carbocycles. The summed E-state index contributed by atoms with van der Waals surface area (Å²) in [5.74, 6) is 0.330. The maximum Gasteiger partial charge on any atom is 0.255 e. The number of rotatable bonds is 5. The summed E-state index contributed by atoms with van der Waals surface area (Å²) in [5.41, 5.74) is 6.66. The van der Waals surface area contributed by atoms with Crippen LogP contribution in [0.2, 0.25) is 0 Å². The van der Waals surface area contributed by atoms with Crippen molar-refractivity contribution in [3.63, 3.8) is 0 Å². The zero-order chi connectivity index (χ0) is 24.5. The molecule has 6 rings (SSSR count). The Morgan fingerprint density at radius 1 is 0.972 bits per heavy atom. The smallest absolute Gasteiger partial charge is 0.255 e. The van der Waals surface area contributed by atoms with Gasteiger partial charge in [0, 0.05) is 49.3 Å². The number of aliphatic imine (C=N–C) groups is 1. The Hall–Kier alpha value is -3.68. The van der Waals surface area contributed by atoms with Crippen LogP contribution in [0.15, 0.2) is 71.7 Å². The van der Waals surface area contributed by atoms with Gasteiger partial charge in [-0.15, -0.1) is 0 Å². The molecule has 1 spiro atoms. The monoisotopic (exact) mass is 483 g/mol. The van der Waals surface area contributed by atoms with Gasteiger partial charge in [0.25, 0.3) is 5.91 Å². The number of nitrogens with one attached hydrogen (secondary N) is 1. The number of hydrogen-bond acceptors (Lipinski definition) is 6. The van der Waals surface area contributed by atoms with Crippen LogP contribution in [-0.2, 0) is 15.9 Å². The Labute approximate surface area is 210 Å². The van der Waals surface area contributed by atoms with E-state index in [-0.39, 0.29) is 11.7 Å². The molecule has 0 unspecified atom stereocenters. The van der Waals surface area contributed by atoms with Crippen LogP contribution in [0.4, 0.5) is 17.1 Å². The minimum Gasteiger partial charge on any atom is -0.497 e. The third-order valence-electron chi connectivity index (χ3n) is 7.21. The van der Waals surface area contributed by atoms with Crippen molar-refractivity contribution in [3.8, 4) is 5.75 Å². The number of benzene rings is 3. The van der Waals surface area contributed by atoms with Crippen molar-refractivity contribution in [1.82, 2.24) is 0 Å². The first-order valence-corrected chi connectivity index (χ1v) is 12.4. The number of nitrogens with zero attached hydrogens (tertiary/aromatic N) is 2. The van der Waals surface area contributed by atoms with E-state index in [1.807, 2.05) is 54.6 Å². The number of hydrogen-bond donors (Lipinski definition) is 1. The van der Waals surface area contributed by atoms with Gasteiger partial charge < -0.3 is 24.4 Å². The molecule has 3 aromatic carbocycles. The van der Waals surface area contributed by atoms with Gasteiger partial charge in [0.05, 0.1) is 31.7 Å². The molecule has 0 radical (unpaired) electrons. The van der Waals surface area contributed by atoms with E-state index in [0.29, 0.717) is 18.8 Å². The van der Waals surface area contributed by atoms with Crippen molar-refractivity contribution in [3.05, 3.63) is 83.4 Å². The summed E-state index contributed by atoms with van der Waals surface area (Å²) in [4.78, 5) is 19.9. The fourth-order valence-electron chi connectivity index (χ4n) is 5.14. The number of carbonyl (C=O) groups excluding carboxylic acids is 1. The average Bonchev–Trinajstić information content (AvgIpc) is 3.56. The number of anilines is 2. The summed E-state index contributed by atoms with van der Waals surface area (Å²) in [7, 11) is 1.67. The van der Waals surface area contributed by atoms with Crippen LogP contribution in [0.1, 0.15) is 34.3 Å². The lowest BCUT2D eigenvalue weighted by Crippen LogP contribution is -2.45. The Balaban J connectivity index is 1.06. The highest BCUT2D eigenvalue weighted by Gasteiger charge is 2.39.